The molecule has 0 amide bonds. The summed E-state index contributed by atoms with van der Waals surface area (Å²) in [5.41, 5.74) is 4.33. The number of hydrogen-bond acceptors (Lipinski definition) is 5. The predicted octanol–water partition coefficient (Wildman–Crippen LogP) is 6.79. The van der Waals surface area contributed by atoms with Crippen molar-refractivity contribution in [3.63, 3.8) is 0 Å². The largest absolute Gasteiger partial charge is 0.454 e. The average Bonchev–Trinajstić information content (AvgIpc) is 3.47. The predicted molar refractivity (Wildman–Crippen MR) is 127 cm³/mol. The minimum atomic E-state index is 0.274. The summed E-state index contributed by atoms with van der Waals surface area (Å²) in [6.07, 6.45) is 5.63. The molecule has 0 spiro atoms. The van der Waals surface area contributed by atoms with Gasteiger partial charge in [0, 0.05) is 11.8 Å². The standard InChI is InChI=1S/C27H18N2O3/c1-2-8-21-19(6-1)7-3-9-22(21)27-29-23-16-20(11-13-24(23)32-27)28-14-4-5-18-10-12-25-26(15-18)31-17-30-25/h1-16H,17H2/b5-4-,28-14?. The van der Waals surface area contributed by atoms with Crippen molar-refractivity contribution in [2.24, 2.45) is 4.99 Å². The Balaban J connectivity index is 1.25. The van der Waals surface area contributed by atoms with Crippen LogP contribution in [0.25, 0.3) is 39.4 Å². The van der Waals surface area contributed by atoms with E-state index < -0.39 is 0 Å². The smallest absolute Gasteiger partial charge is 0.231 e. The van der Waals surface area contributed by atoms with Gasteiger partial charge in [-0.1, -0.05) is 48.5 Å². The highest BCUT2D eigenvalue weighted by Gasteiger charge is 2.13. The van der Waals surface area contributed by atoms with Crippen LogP contribution in [0.1, 0.15) is 5.56 Å². The number of benzene rings is 4. The third-order valence-corrected chi connectivity index (χ3v) is 5.39. The van der Waals surface area contributed by atoms with Crippen LogP contribution in [0.5, 0.6) is 11.5 Å². The van der Waals surface area contributed by atoms with Crippen molar-refractivity contribution in [2.75, 3.05) is 6.79 Å². The molecule has 1 aromatic heterocycles. The van der Waals surface area contributed by atoms with Crippen molar-refractivity contribution >= 4 is 39.9 Å². The number of oxazole rings is 1. The van der Waals surface area contributed by atoms with Gasteiger partial charge in [0.15, 0.2) is 17.1 Å². The molecule has 0 N–H and O–H groups in total. The second-order valence-corrected chi connectivity index (χ2v) is 7.45. The number of aromatic nitrogens is 1. The molecule has 4 aromatic carbocycles. The summed E-state index contributed by atoms with van der Waals surface area (Å²) in [6.45, 7) is 0.274. The molecule has 0 saturated carbocycles. The van der Waals surface area contributed by atoms with Gasteiger partial charge < -0.3 is 13.9 Å². The van der Waals surface area contributed by atoms with Crippen molar-refractivity contribution in [2.45, 2.75) is 0 Å². The first kappa shape index (κ1) is 18.4. The lowest BCUT2D eigenvalue weighted by molar-refractivity contribution is 0.174. The number of hydrogen-bond donors (Lipinski definition) is 0. The molecule has 0 fully saturated rings. The SMILES string of the molecule is C(/C=C\c1ccc2c(c1)OCO2)=Nc1ccc2oc(-c3cccc4ccccc34)nc2c1. The second kappa shape index (κ2) is 7.71. The molecular formula is C27H18N2O3. The van der Waals surface area contributed by atoms with Gasteiger partial charge in [0.2, 0.25) is 12.7 Å². The lowest BCUT2D eigenvalue weighted by Crippen LogP contribution is -1.92. The number of fused-ring (bicyclic) bond motifs is 3. The van der Waals surface area contributed by atoms with Crippen molar-refractivity contribution in [1.82, 2.24) is 4.98 Å². The van der Waals surface area contributed by atoms with Gasteiger partial charge in [-0.25, -0.2) is 4.98 Å². The molecule has 5 heteroatoms. The molecule has 0 atom stereocenters. The lowest BCUT2D eigenvalue weighted by Gasteiger charge is -2.01. The highest BCUT2D eigenvalue weighted by Crippen LogP contribution is 2.33. The van der Waals surface area contributed by atoms with Crippen LogP contribution in [-0.4, -0.2) is 18.0 Å². The van der Waals surface area contributed by atoms with E-state index in [1.807, 2.05) is 72.8 Å². The Labute approximate surface area is 184 Å². The van der Waals surface area contributed by atoms with Crippen molar-refractivity contribution in [3.05, 3.63) is 90.5 Å². The van der Waals surface area contributed by atoms with Crippen LogP contribution in [0.2, 0.25) is 0 Å². The van der Waals surface area contributed by atoms with Crippen LogP contribution in [0.3, 0.4) is 0 Å². The van der Waals surface area contributed by atoms with Crippen molar-refractivity contribution in [3.8, 4) is 23.0 Å². The maximum Gasteiger partial charge on any atom is 0.231 e. The summed E-state index contributed by atoms with van der Waals surface area (Å²) >= 11 is 0. The Morgan fingerprint density at radius 2 is 1.75 bits per heavy atom. The first-order valence-corrected chi connectivity index (χ1v) is 10.3. The number of nitrogens with zero attached hydrogens (tertiary/aromatic N) is 2. The summed E-state index contributed by atoms with van der Waals surface area (Å²) in [5, 5.41) is 2.28. The first-order chi connectivity index (χ1) is 15.8. The van der Waals surface area contributed by atoms with Crippen molar-refractivity contribution in [1.29, 1.82) is 0 Å². The number of rotatable bonds is 4. The van der Waals surface area contributed by atoms with Gasteiger partial charge in [0.25, 0.3) is 0 Å². The van der Waals surface area contributed by atoms with E-state index in [2.05, 4.69) is 23.2 Å². The van der Waals surface area contributed by atoms with Crippen LogP contribution in [0.4, 0.5) is 5.69 Å². The molecule has 0 bridgehead atoms. The fourth-order valence-electron chi connectivity index (χ4n) is 3.82. The number of ether oxygens (including phenoxy) is 2. The van der Waals surface area contributed by atoms with Crippen molar-refractivity contribution < 1.29 is 13.9 Å². The van der Waals surface area contributed by atoms with E-state index in [1.165, 1.54) is 0 Å². The summed E-state index contributed by atoms with van der Waals surface area (Å²) in [5.74, 6) is 2.16. The van der Waals surface area contributed by atoms with Crippen LogP contribution in [0.15, 0.2) is 94.3 Å². The fraction of sp³-hybridized carbons (Fsp3) is 0.0370. The van der Waals surface area contributed by atoms with E-state index in [1.54, 1.807) is 6.21 Å². The fourth-order valence-corrected chi connectivity index (χ4v) is 3.82. The normalized spacial score (nSPS) is 13.1. The third-order valence-electron chi connectivity index (χ3n) is 5.39. The van der Waals surface area contributed by atoms with Gasteiger partial charge >= 0.3 is 0 Å². The Morgan fingerprint density at radius 1 is 0.844 bits per heavy atom. The zero-order chi connectivity index (χ0) is 21.3. The minimum absolute atomic E-state index is 0.274. The highest BCUT2D eigenvalue weighted by atomic mass is 16.7. The highest BCUT2D eigenvalue weighted by molar-refractivity contribution is 5.96. The zero-order valence-corrected chi connectivity index (χ0v) is 17.1. The maximum atomic E-state index is 6.04. The molecule has 5 aromatic rings. The quantitative estimate of drug-likeness (QED) is 0.301. The summed E-state index contributed by atoms with van der Waals surface area (Å²) in [7, 11) is 0. The van der Waals surface area contributed by atoms with E-state index in [0.29, 0.717) is 5.89 Å². The van der Waals surface area contributed by atoms with Crippen LogP contribution >= 0.6 is 0 Å². The summed E-state index contributed by atoms with van der Waals surface area (Å²) < 4.78 is 16.8. The molecule has 1 aliphatic rings. The second-order valence-electron chi connectivity index (χ2n) is 7.45. The summed E-state index contributed by atoms with van der Waals surface area (Å²) in [4.78, 5) is 9.24. The molecule has 6 rings (SSSR count). The van der Waals surface area contributed by atoms with Gasteiger partial charge in [-0.05, 0) is 58.8 Å². The number of allylic oxidation sites excluding steroid dienone is 1. The Bertz CT molecular complexity index is 1510. The van der Waals surface area contributed by atoms with E-state index in [4.69, 9.17) is 18.9 Å². The van der Waals surface area contributed by atoms with Crippen LogP contribution in [-0.2, 0) is 0 Å². The van der Waals surface area contributed by atoms with Crippen LogP contribution in [0, 0.1) is 0 Å². The monoisotopic (exact) mass is 418 g/mol. The molecule has 0 aliphatic carbocycles. The van der Waals surface area contributed by atoms with E-state index in [-0.39, 0.29) is 6.79 Å². The molecule has 0 unspecified atom stereocenters. The topological polar surface area (TPSA) is 56.9 Å². The Kier molecular flexibility index (Phi) is 4.43. The zero-order valence-electron chi connectivity index (χ0n) is 17.1. The van der Waals surface area contributed by atoms with Gasteiger partial charge in [-0.2, -0.15) is 0 Å². The van der Waals surface area contributed by atoms with Gasteiger partial charge in [-0.15, -0.1) is 0 Å². The minimum Gasteiger partial charge on any atom is -0.454 e. The van der Waals surface area contributed by atoms with E-state index in [0.717, 1.165) is 50.2 Å². The number of aliphatic imine (C=N–C) groups is 1. The first-order valence-electron chi connectivity index (χ1n) is 10.3. The van der Waals surface area contributed by atoms with Gasteiger partial charge in [0.1, 0.15) is 5.52 Å². The average molecular weight is 418 g/mol. The molecule has 2 heterocycles. The third kappa shape index (κ3) is 3.40. The molecule has 0 radical (unpaired) electrons. The van der Waals surface area contributed by atoms with E-state index >= 15 is 0 Å². The van der Waals surface area contributed by atoms with Crippen LogP contribution < -0.4 is 9.47 Å². The van der Waals surface area contributed by atoms with E-state index in [9.17, 15) is 0 Å². The molecular weight excluding hydrogens is 400 g/mol. The molecule has 1 aliphatic heterocycles. The molecule has 0 saturated heterocycles. The van der Waals surface area contributed by atoms with Gasteiger partial charge in [0.05, 0.1) is 5.69 Å². The molecule has 154 valence electrons. The lowest BCUT2D eigenvalue weighted by atomic mass is 10.0. The summed E-state index contributed by atoms with van der Waals surface area (Å²) in [6, 6.07) is 26.0. The van der Waals surface area contributed by atoms with Gasteiger partial charge in [-0.3, -0.25) is 4.99 Å². The Hall–Kier alpha value is -4.38. The maximum absolute atomic E-state index is 6.04. The molecule has 5 nitrogen and oxygen atoms in total. The Morgan fingerprint density at radius 3 is 2.75 bits per heavy atom. The molecule has 32 heavy (non-hydrogen) atoms.